The van der Waals surface area contributed by atoms with E-state index in [1.165, 1.54) is 32.1 Å². The predicted molar refractivity (Wildman–Crippen MR) is 110 cm³/mol. The van der Waals surface area contributed by atoms with Crippen LogP contribution >= 0.6 is 35.0 Å². The summed E-state index contributed by atoms with van der Waals surface area (Å²) in [6.45, 7) is 0. The Hall–Kier alpha value is -1.48. The Kier molecular flexibility index (Phi) is 9.37. The van der Waals surface area contributed by atoms with Gasteiger partial charge in [0.1, 0.15) is 0 Å². The van der Waals surface area contributed by atoms with Crippen LogP contribution in [0.2, 0.25) is 5.02 Å². The van der Waals surface area contributed by atoms with Gasteiger partial charge in [0.25, 0.3) is 5.09 Å². The Labute approximate surface area is 178 Å². The molecule has 0 radical (unpaired) electrons. The monoisotopic (exact) mass is 447 g/mol. The number of imidazole rings is 1. The van der Waals surface area contributed by atoms with Gasteiger partial charge in [-0.15, -0.1) is 21.9 Å². The number of ether oxygens (including phenoxy) is 1. The number of thioether (sulfide) groups is 1. The molecule has 0 spiro atoms. The molecular weight excluding hydrogens is 425 g/mol. The zero-order valence-corrected chi connectivity index (χ0v) is 17.6. The molecule has 28 heavy (non-hydrogen) atoms. The lowest BCUT2D eigenvalue weighted by Crippen LogP contribution is -2.32. The molecule has 0 aliphatic heterocycles. The molecule has 7 nitrogen and oxygen atoms in total. The van der Waals surface area contributed by atoms with Gasteiger partial charge in [-0.1, -0.05) is 54.6 Å². The molecule has 1 aromatic carbocycles. The fourth-order valence-corrected chi connectivity index (χ4v) is 4.60. The summed E-state index contributed by atoms with van der Waals surface area (Å²) in [7, 11) is 0. The molecule has 1 fully saturated rings. The molecule has 0 amide bonds. The fourth-order valence-electron chi connectivity index (χ4n) is 2.98. The quantitative estimate of drug-likeness (QED) is 0.267. The first-order valence-corrected chi connectivity index (χ1v) is 10.7. The van der Waals surface area contributed by atoms with Crippen LogP contribution in [0.1, 0.15) is 37.7 Å². The molecule has 1 aromatic heterocycles. The van der Waals surface area contributed by atoms with Gasteiger partial charge in [0.2, 0.25) is 5.18 Å². The first kappa shape index (κ1) is 22.8. The number of aromatic nitrogens is 2. The molecule has 1 atom stereocenters. The maximum Gasteiger partial charge on any atom is 0.291 e. The van der Waals surface area contributed by atoms with Crippen molar-refractivity contribution in [2.24, 2.45) is 0 Å². The van der Waals surface area contributed by atoms with Crippen LogP contribution in [-0.4, -0.2) is 31.0 Å². The van der Waals surface area contributed by atoms with Crippen molar-refractivity contribution in [1.29, 1.82) is 0 Å². The average molecular weight is 448 g/mol. The summed E-state index contributed by atoms with van der Waals surface area (Å²) in [5.74, 6) is 0.583. The lowest BCUT2D eigenvalue weighted by atomic mass is 10.0. The highest BCUT2D eigenvalue weighted by Crippen LogP contribution is 2.33. The Morgan fingerprint density at radius 1 is 1.32 bits per heavy atom. The first-order valence-electron chi connectivity index (χ1n) is 8.89. The molecule has 1 N–H and O–H groups in total. The summed E-state index contributed by atoms with van der Waals surface area (Å²) in [6.07, 6.45) is 12.4. The van der Waals surface area contributed by atoms with E-state index in [1.807, 2.05) is 46.8 Å². The zero-order valence-electron chi connectivity index (χ0n) is 15.2. The summed E-state index contributed by atoms with van der Waals surface area (Å²) in [5.41, 5.74) is 1.07. The Bertz CT molecular complexity index is 708. The van der Waals surface area contributed by atoms with Gasteiger partial charge in [-0.3, -0.25) is 4.57 Å². The summed E-state index contributed by atoms with van der Waals surface area (Å²) in [6, 6.07) is 7.71. The van der Waals surface area contributed by atoms with Crippen molar-refractivity contribution in [3.05, 3.63) is 63.7 Å². The minimum absolute atomic E-state index is 0.549. The molecule has 1 aliphatic carbocycles. The smallest absolute Gasteiger partial charge is 0.291 e. The highest BCUT2D eigenvalue weighted by Gasteiger charge is 2.31. The Morgan fingerprint density at radius 3 is 2.54 bits per heavy atom. The van der Waals surface area contributed by atoms with Crippen molar-refractivity contribution in [3.63, 3.8) is 0 Å². The molecule has 0 bridgehead atoms. The summed E-state index contributed by atoms with van der Waals surface area (Å²) in [4.78, 5) is 12.5. The lowest BCUT2D eigenvalue weighted by molar-refractivity contribution is -0.742. The third-order valence-electron chi connectivity index (χ3n) is 4.36. The van der Waals surface area contributed by atoms with Crippen molar-refractivity contribution >= 4 is 35.0 Å². The maximum absolute atomic E-state index is 8.36. The average Bonchev–Trinajstić information content (AvgIpc) is 3.20. The van der Waals surface area contributed by atoms with E-state index in [0.717, 1.165) is 10.6 Å². The van der Waals surface area contributed by atoms with Crippen molar-refractivity contribution in [2.75, 3.05) is 5.94 Å². The molecule has 3 rings (SSSR count). The fraction of sp³-hybridized carbons (Fsp3) is 0.500. The van der Waals surface area contributed by atoms with E-state index in [4.69, 9.17) is 43.3 Å². The summed E-state index contributed by atoms with van der Waals surface area (Å²) < 4.78 is 7.95. The number of hydrogen-bond acceptors (Lipinski definition) is 5. The van der Waals surface area contributed by atoms with Crippen LogP contribution in [0.25, 0.3) is 0 Å². The topological polar surface area (TPSA) is 90.4 Å². The van der Waals surface area contributed by atoms with Crippen molar-refractivity contribution < 1.29 is 15.0 Å². The van der Waals surface area contributed by atoms with Crippen LogP contribution in [0.15, 0.2) is 43.0 Å². The van der Waals surface area contributed by atoms with Gasteiger partial charge in [0, 0.05) is 29.1 Å². The van der Waals surface area contributed by atoms with Gasteiger partial charge in [-0.2, -0.15) is 0 Å². The van der Waals surface area contributed by atoms with Gasteiger partial charge in [0.15, 0.2) is 0 Å². The van der Waals surface area contributed by atoms with Gasteiger partial charge < -0.3 is 9.94 Å². The molecule has 2 aromatic rings. The van der Waals surface area contributed by atoms with E-state index >= 15 is 0 Å². The van der Waals surface area contributed by atoms with E-state index in [0.29, 0.717) is 17.6 Å². The number of hydrogen-bond donors (Lipinski definition) is 1. The zero-order chi connectivity index (χ0) is 20.4. The number of nitrogens with zero attached hydrogens (tertiary/aromatic N) is 3. The predicted octanol–water partition coefficient (Wildman–Crippen LogP) is 5.32. The van der Waals surface area contributed by atoms with Gasteiger partial charge >= 0.3 is 0 Å². The molecule has 10 heteroatoms. The largest absolute Gasteiger partial charge is 0.331 e. The molecule has 1 saturated carbocycles. The number of benzene rings is 1. The van der Waals surface area contributed by atoms with Gasteiger partial charge in [-0.05, 0) is 30.5 Å². The Balaban J connectivity index is 0.000000640. The maximum atomic E-state index is 8.36. The molecule has 0 saturated heterocycles. The van der Waals surface area contributed by atoms with Crippen molar-refractivity contribution in [2.45, 2.75) is 49.0 Å². The second kappa shape index (κ2) is 11.5. The number of halogens is 2. The summed E-state index contributed by atoms with van der Waals surface area (Å²) >= 11 is 14.7. The van der Waals surface area contributed by atoms with E-state index < -0.39 is 10.3 Å². The minimum atomic E-state index is -1.50. The SMILES string of the molecule is Clc1ccc(CC(Cl)(OCSC2CCCCC2)n2ccnc2)cc1.O=[N+]([O-])O. The Morgan fingerprint density at radius 2 is 1.96 bits per heavy atom. The van der Waals surface area contributed by atoms with E-state index in [2.05, 4.69) is 4.98 Å². The highest BCUT2D eigenvalue weighted by atomic mass is 35.5. The molecule has 1 unspecified atom stereocenters. The van der Waals surface area contributed by atoms with E-state index in [-0.39, 0.29) is 0 Å². The number of rotatable bonds is 7. The van der Waals surface area contributed by atoms with Crippen LogP contribution in [-0.2, 0) is 16.3 Å². The summed E-state index contributed by atoms with van der Waals surface area (Å²) in [5, 5.41) is 14.1. The second-order valence-corrected chi connectivity index (χ2v) is 8.65. The molecular formula is C18H23Cl2N3O4S. The second-order valence-electron chi connectivity index (χ2n) is 6.39. The van der Waals surface area contributed by atoms with E-state index in [1.54, 1.807) is 12.5 Å². The van der Waals surface area contributed by atoms with Crippen LogP contribution in [0.3, 0.4) is 0 Å². The van der Waals surface area contributed by atoms with Gasteiger partial charge in [-0.25, -0.2) is 4.98 Å². The standard InChI is InChI=1S/C18H22Cl2N2OS.HNO3/c19-16-8-6-15(7-9-16)12-18(20,22-11-10-21-13-22)23-14-24-17-4-2-1-3-5-17;2-1(3)4/h6-11,13,17H,1-5,12,14H2;(H,2,3,4). The van der Waals surface area contributed by atoms with E-state index in [9.17, 15) is 0 Å². The molecule has 1 heterocycles. The lowest BCUT2D eigenvalue weighted by Gasteiger charge is -2.30. The normalized spacial score (nSPS) is 16.6. The van der Waals surface area contributed by atoms with Crippen molar-refractivity contribution in [3.8, 4) is 0 Å². The minimum Gasteiger partial charge on any atom is -0.331 e. The molecule has 154 valence electrons. The van der Waals surface area contributed by atoms with Crippen LogP contribution in [0.4, 0.5) is 0 Å². The van der Waals surface area contributed by atoms with Crippen LogP contribution in [0, 0.1) is 10.1 Å². The number of alkyl halides is 1. The first-order chi connectivity index (χ1) is 13.4. The third kappa shape index (κ3) is 7.87. The highest BCUT2D eigenvalue weighted by molar-refractivity contribution is 7.99. The van der Waals surface area contributed by atoms with Crippen molar-refractivity contribution in [1.82, 2.24) is 9.55 Å². The van der Waals surface area contributed by atoms with Crippen LogP contribution < -0.4 is 0 Å². The third-order valence-corrected chi connectivity index (χ3v) is 6.25. The van der Waals surface area contributed by atoms with Crippen LogP contribution in [0.5, 0.6) is 0 Å². The van der Waals surface area contributed by atoms with Gasteiger partial charge in [0.05, 0.1) is 12.3 Å². The molecule has 1 aliphatic rings.